The number of anilines is 2. The number of halogens is 3. The summed E-state index contributed by atoms with van der Waals surface area (Å²) < 4.78 is 30.7. The Balaban J connectivity index is 1.51. The molecule has 0 atom stereocenters. The van der Waals surface area contributed by atoms with Crippen molar-refractivity contribution in [1.82, 2.24) is 5.32 Å². The predicted octanol–water partition coefficient (Wildman–Crippen LogP) is 5.72. The normalized spacial score (nSPS) is 13.2. The van der Waals surface area contributed by atoms with Gasteiger partial charge in [0.25, 0.3) is 18.2 Å². The molecule has 4 rings (SSSR count). The highest BCUT2D eigenvalue weighted by atomic mass is 35.5. The lowest BCUT2D eigenvalue weighted by molar-refractivity contribution is -0.124. The van der Waals surface area contributed by atoms with E-state index in [4.69, 9.17) is 16.3 Å². The fourth-order valence-electron chi connectivity index (χ4n) is 3.82. The number of nitrogens with one attached hydrogen (secondary N) is 3. The lowest BCUT2D eigenvalue weighted by Crippen LogP contribution is -2.30. The molecule has 1 saturated carbocycles. The van der Waals surface area contributed by atoms with Crippen LogP contribution in [-0.4, -0.2) is 30.8 Å². The molecule has 206 valence electrons. The van der Waals surface area contributed by atoms with Crippen molar-refractivity contribution in [3.8, 4) is 11.8 Å². The van der Waals surface area contributed by atoms with Crippen molar-refractivity contribution in [1.29, 1.82) is 5.26 Å². The molecule has 0 aromatic heterocycles. The zero-order valence-electron chi connectivity index (χ0n) is 21.4. The van der Waals surface area contributed by atoms with E-state index in [0.717, 1.165) is 5.56 Å². The zero-order chi connectivity index (χ0) is 28.9. The van der Waals surface area contributed by atoms with Crippen molar-refractivity contribution in [3.05, 3.63) is 87.9 Å². The first-order valence-electron chi connectivity index (χ1n) is 12.3. The standard InChI is InChI=1S/C29H25ClF2N4O4/c1-17-2-5-19(6-3-17)35-27(38)22-13-20(7-9-24(22)40-15-25(31)32)36-26(37)21-12-18(4-8-23(21)30)14-34-28(39)29(16-33)10-11-29/h2-9,12-13,25H,10-11,14-15H2,1H3,(H,34,39)(H,35,38)(H,36,37). The minimum absolute atomic E-state index is 0.0620. The number of hydrogen-bond donors (Lipinski definition) is 3. The number of rotatable bonds is 10. The van der Waals surface area contributed by atoms with Gasteiger partial charge in [-0.15, -0.1) is 0 Å². The van der Waals surface area contributed by atoms with E-state index in [1.807, 2.05) is 13.0 Å². The first-order chi connectivity index (χ1) is 19.1. The fraction of sp³-hybridized carbons (Fsp3) is 0.241. The van der Waals surface area contributed by atoms with Crippen LogP contribution in [0, 0.1) is 23.7 Å². The molecule has 0 heterocycles. The summed E-state index contributed by atoms with van der Waals surface area (Å²) in [6.07, 6.45) is -1.72. The zero-order valence-corrected chi connectivity index (χ0v) is 22.1. The lowest BCUT2D eigenvalue weighted by atomic mass is 10.1. The van der Waals surface area contributed by atoms with E-state index in [1.165, 1.54) is 30.3 Å². The Kier molecular flexibility index (Phi) is 8.65. The number of carbonyl (C=O) groups excluding carboxylic acids is 3. The monoisotopic (exact) mass is 566 g/mol. The lowest BCUT2D eigenvalue weighted by Gasteiger charge is -2.15. The Morgan fingerprint density at radius 3 is 2.27 bits per heavy atom. The summed E-state index contributed by atoms with van der Waals surface area (Å²) >= 11 is 6.26. The van der Waals surface area contributed by atoms with Crippen LogP contribution in [0.5, 0.6) is 5.75 Å². The highest BCUT2D eigenvalue weighted by molar-refractivity contribution is 6.34. The van der Waals surface area contributed by atoms with Crippen molar-refractivity contribution < 1.29 is 27.9 Å². The molecular formula is C29H25ClF2N4O4. The van der Waals surface area contributed by atoms with Crippen molar-refractivity contribution in [3.63, 3.8) is 0 Å². The molecule has 3 N–H and O–H groups in total. The van der Waals surface area contributed by atoms with Gasteiger partial charge in [-0.05, 0) is 67.8 Å². The molecule has 8 nitrogen and oxygen atoms in total. The molecule has 1 aliphatic rings. The van der Waals surface area contributed by atoms with E-state index in [9.17, 15) is 28.4 Å². The summed E-state index contributed by atoms with van der Waals surface area (Å²) in [5.74, 6) is -1.66. The van der Waals surface area contributed by atoms with Gasteiger partial charge in [0.15, 0.2) is 0 Å². The van der Waals surface area contributed by atoms with Gasteiger partial charge in [-0.1, -0.05) is 35.4 Å². The molecule has 3 aromatic rings. The van der Waals surface area contributed by atoms with Gasteiger partial charge in [-0.25, -0.2) is 8.78 Å². The number of ether oxygens (including phenoxy) is 1. The van der Waals surface area contributed by atoms with Gasteiger partial charge < -0.3 is 20.7 Å². The third-order valence-electron chi connectivity index (χ3n) is 6.28. The summed E-state index contributed by atoms with van der Waals surface area (Å²) in [4.78, 5) is 38.4. The molecular weight excluding hydrogens is 542 g/mol. The molecule has 11 heteroatoms. The van der Waals surface area contributed by atoms with Gasteiger partial charge in [0.1, 0.15) is 17.8 Å². The molecule has 3 aromatic carbocycles. The van der Waals surface area contributed by atoms with Crippen molar-refractivity contribution in [2.45, 2.75) is 32.7 Å². The number of nitriles is 1. The van der Waals surface area contributed by atoms with Crippen molar-refractivity contribution in [2.24, 2.45) is 5.41 Å². The molecule has 1 aliphatic carbocycles. The maximum absolute atomic E-state index is 13.1. The van der Waals surface area contributed by atoms with E-state index in [0.29, 0.717) is 24.1 Å². The van der Waals surface area contributed by atoms with Crippen LogP contribution in [0.15, 0.2) is 60.7 Å². The van der Waals surface area contributed by atoms with Crippen LogP contribution in [0.4, 0.5) is 20.2 Å². The van der Waals surface area contributed by atoms with E-state index in [1.54, 1.807) is 30.3 Å². The number of hydrogen-bond acceptors (Lipinski definition) is 5. The van der Waals surface area contributed by atoms with Crippen molar-refractivity contribution in [2.75, 3.05) is 17.2 Å². The number of benzene rings is 3. The minimum atomic E-state index is -2.75. The minimum Gasteiger partial charge on any atom is -0.487 e. The molecule has 0 spiro atoms. The van der Waals surface area contributed by atoms with Gasteiger partial charge in [0.2, 0.25) is 5.91 Å². The first-order valence-corrected chi connectivity index (χ1v) is 12.7. The van der Waals surface area contributed by atoms with Crippen LogP contribution < -0.4 is 20.7 Å². The Hall–Kier alpha value is -4.49. The van der Waals surface area contributed by atoms with Crippen LogP contribution >= 0.6 is 11.6 Å². The number of alkyl halides is 2. The van der Waals surface area contributed by atoms with Crippen LogP contribution in [0.3, 0.4) is 0 Å². The summed E-state index contributed by atoms with van der Waals surface area (Å²) in [5.41, 5.74) is 1.34. The van der Waals surface area contributed by atoms with E-state index in [2.05, 4.69) is 16.0 Å². The number of aryl methyl sites for hydroxylation is 1. The highest BCUT2D eigenvalue weighted by Gasteiger charge is 2.50. The third kappa shape index (κ3) is 6.93. The van der Waals surface area contributed by atoms with E-state index < -0.39 is 30.3 Å². The van der Waals surface area contributed by atoms with Gasteiger partial charge in [-0.2, -0.15) is 5.26 Å². The number of nitrogens with zero attached hydrogens (tertiary/aromatic N) is 1. The molecule has 3 amide bonds. The van der Waals surface area contributed by atoms with Crippen LogP contribution in [0.25, 0.3) is 0 Å². The first kappa shape index (κ1) is 28.5. The third-order valence-corrected chi connectivity index (χ3v) is 6.61. The second kappa shape index (κ2) is 12.1. The molecule has 1 fully saturated rings. The van der Waals surface area contributed by atoms with Gasteiger partial charge in [0, 0.05) is 17.9 Å². The molecule has 0 bridgehead atoms. The number of amides is 3. The summed E-state index contributed by atoms with van der Waals surface area (Å²) in [7, 11) is 0. The van der Waals surface area contributed by atoms with E-state index in [-0.39, 0.29) is 40.0 Å². The highest BCUT2D eigenvalue weighted by Crippen LogP contribution is 2.45. The Labute approximate surface area is 234 Å². The van der Waals surface area contributed by atoms with Crippen molar-refractivity contribution >= 4 is 40.7 Å². The van der Waals surface area contributed by atoms with Crippen LogP contribution in [0.2, 0.25) is 5.02 Å². The largest absolute Gasteiger partial charge is 0.487 e. The fourth-order valence-corrected chi connectivity index (χ4v) is 4.02. The predicted molar refractivity (Wildman–Crippen MR) is 146 cm³/mol. The van der Waals surface area contributed by atoms with Crippen LogP contribution in [0.1, 0.15) is 44.7 Å². The SMILES string of the molecule is Cc1ccc(NC(=O)c2cc(NC(=O)c3cc(CNC(=O)C4(C#N)CC4)ccc3Cl)ccc2OCC(F)F)cc1. The average molecular weight is 567 g/mol. The summed E-state index contributed by atoms with van der Waals surface area (Å²) in [5, 5.41) is 17.4. The molecule has 0 saturated heterocycles. The molecule has 0 unspecified atom stereocenters. The average Bonchev–Trinajstić information content (AvgIpc) is 3.74. The Morgan fingerprint density at radius 1 is 0.975 bits per heavy atom. The molecule has 0 radical (unpaired) electrons. The smallest absolute Gasteiger partial charge is 0.272 e. The maximum Gasteiger partial charge on any atom is 0.272 e. The molecule has 40 heavy (non-hydrogen) atoms. The topological polar surface area (TPSA) is 120 Å². The van der Waals surface area contributed by atoms with Gasteiger partial charge >= 0.3 is 0 Å². The molecule has 0 aliphatic heterocycles. The second-order valence-electron chi connectivity index (χ2n) is 9.38. The number of carbonyl (C=O) groups is 3. The van der Waals surface area contributed by atoms with E-state index >= 15 is 0 Å². The van der Waals surface area contributed by atoms with Gasteiger partial charge in [0.05, 0.1) is 22.2 Å². The maximum atomic E-state index is 13.1. The van der Waals surface area contributed by atoms with Crippen LogP contribution in [-0.2, 0) is 11.3 Å². The quantitative estimate of drug-likeness (QED) is 0.290. The second-order valence-corrected chi connectivity index (χ2v) is 9.79. The summed E-state index contributed by atoms with van der Waals surface area (Å²) in [6, 6.07) is 17.7. The Morgan fingerprint density at radius 2 is 1.62 bits per heavy atom. The Bertz CT molecular complexity index is 1480. The van der Waals surface area contributed by atoms with Gasteiger partial charge in [-0.3, -0.25) is 14.4 Å². The summed E-state index contributed by atoms with van der Waals surface area (Å²) in [6.45, 7) is 1.08.